The normalized spacial score (nSPS) is 16.5. The number of amides is 1. The van der Waals surface area contributed by atoms with E-state index in [1.807, 2.05) is 0 Å². The van der Waals surface area contributed by atoms with E-state index in [0.29, 0.717) is 22.9 Å². The molecule has 2 aromatic rings. The Bertz CT molecular complexity index is 776. The molecule has 1 aromatic heterocycles. The minimum atomic E-state index is -0.249. The van der Waals surface area contributed by atoms with Crippen LogP contribution in [0.15, 0.2) is 23.6 Å². The average Bonchev–Trinajstić information content (AvgIpc) is 3.31. The average molecular weight is 376 g/mol. The van der Waals surface area contributed by atoms with E-state index in [4.69, 9.17) is 14.2 Å². The van der Waals surface area contributed by atoms with Crippen LogP contribution in [0.3, 0.4) is 0 Å². The molecule has 0 unspecified atom stereocenters. The lowest BCUT2D eigenvalue weighted by atomic mass is 10.2. The Morgan fingerprint density at radius 2 is 2.08 bits per heavy atom. The summed E-state index contributed by atoms with van der Waals surface area (Å²) in [5.41, 5.74) is 1.04. The van der Waals surface area contributed by atoms with Crippen LogP contribution in [0.2, 0.25) is 0 Å². The number of hydrogen-bond acceptors (Lipinski definition) is 8. The molecule has 2 aliphatic heterocycles. The molecule has 1 saturated heterocycles. The fraction of sp³-hybridized carbons (Fsp3) is 0.412. The van der Waals surface area contributed by atoms with Gasteiger partial charge in [-0.05, 0) is 12.1 Å². The Hall–Kier alpha value is -2.36. The topological polar surface area (TPSA) is 85.0 Å². The van der Waals surface area contributed by atoms with Crippen molar-refractivity contribution in [1.82, 2.24) is 9.88 Å². The molecular formula is C17H20N4O4S. The first-order chi connectivity index (χ1) is 12.8. The van der Waals surface area contributed by atoms with Gasteiger partial charge in [-0.1, -0.05) is 0 Å². The maximum absolute atomic E-state index is 12.4. The summed E-state index contributed by atoms with van der Waals surface area (Å²) in [5.74, 6) is 1.07. The largest absolute Gasteiger partial charge is 0.454 e. The number of aromatic nitrogens is 1. The van der Waals surface area contributed by atoms with Crippen LogP contribution in [0.1, 0.15) is 10.5 Å². The molecule has 4 rings (SSSR count). The van der Waals surface area contributed by atoms with E-state index in [0.717, 1.165) is 44.5 Å². The number of fused-ring (bicyclic) bond motifs is 1. The van der Waals surface area contributed by atoms with Gasteiger partial charge in [0.1, 0.15) is 5.69 Å². The molecule has 0 radical (unpaired) electrons. The van der Waals surface area contributed by atoms with Crippen molar-refractivity contribution in [2.75, 3.05) is 56.8 Å². The van der Waals surface area contributed by atoms with Crippen LogP contribution in [0.25, 0.3) is 0 Å². The van der Waals surface area contributed by atoms with Crippen molar-refractivity contribution < 1.29 is 19.0 Å². The molecule has 0 spiro atoms. The van der Waals surface area contributed by atoms with E-state index in [1.54, 1.807) is 23.6 Å². The lowest BCUT2D eigenvalue weighted by molar-refractivity contribution is 0.0398. The van der Waals surface area contributed by atoms with Crippen LogP contribution < -0.4 is 20.1 Å². The number of carbonyl (C=O) groups excluding carboxylic acids is 1. The molecule has 9 heteroatoms. The Morgan fingerprint density at radius 1 is 1.23 bits per heavy atom. The van der Waals surface area contributed by atoms with Crippen LogP contribution in [-0.4, -0.2) is 62.0 Å². The van der Waals surface area contributed by atoms with Crippen LogP contribution in [0, 0.1) is 0 Å². The van der Waals surface area contributed by atoms with Gasteiger partial charge in [0.2, 0.25) is 6.79 Å². The number of anilines is 2. The number of thiazole rings is 1. The second-order valence-corrected chi connectivity index (χ2v) is 6.80. The summed E-state index contributed by atoms with van der Waals surface area (Å²) in [6.07, 6.45) is 0. The second-order valence-electron chi connectivity index (χ2n) is 5.94. The number of ether oxygens (including phenoxy) is 3. The van der Waals surface area contributed by atoms with Crippen molar-refractivity contribution in [1.29, 1.82) is 0 Å². The zero-order valence-electron chi connectivity index (χ0n) is 14.2. The Morgan fingerprint density at radius 3 is 2.96 bits per heavy atom. The van der Waals surface area contributed by atoms with Gasteiger partial charge in [0.05, 0.1) is 13.2 Å². The first-order valence-electron chi connectivity index (χ1n) is 8.48. The molecule has 0 bridgehead atoms. The minimum absolute atomic E-state index is 0.207. The SMILES string of the molecule is O=C(Nc1ccc2c(c1)OCO2)c1csc(NCCN2CCOCC2)n1. The van der Waals surface area contributed by atoms with Crippen molar-refractivity contribution in [3.8, 4) is 11.5 Å². The Balaban J connectivity index is 1.28. The quantitative estimate of drug-likeness (QED) is 0.796. The maximum atomic E-state index is 12.4. The van der Waals surface area contributed by atoms with Crippen molar-refractivity contribution >= 4 is 28.1 Å². The third kappa shape index (κ3) is 4.06. The summed E-state index contributed by atoms with van der Waals surface area (Å²) in [5, 5.41) is 8.60. The number of nitrogens with zero attached hydrogens (tertiary/aromatic N) is 2. The molecule has 1 aromatic carbocycles. The second kappa shape index (κ2) is 7.90. The smallest absolute Gasteiger partial charge is 0.275 e. The van der Waals surface area contributed by atoms with Crippen LogP contribution >= 0.6 is 11.3 Å². The molecule has 2 N–H and O–H groups in total. The number of carbonyl (C=O) groups is 1. The van der Waals surface area contributed by atoms with Gasteiger partial charge in [0.15, 0.2) is 16.6 Å². The minimum Gasteiger partial charge on any atom is -0.454 e. The van der Waals surface area contributed by atoms with Crippen LogP contribution in [0.4, 0.5) is 10.8 Å². The highest BCUT2D eigenvalue weighted by atomic mass is 32.1. The predicted molar refractivity (Wildman–Crippen MR) is 98.4 cm³/mol. The lowest BCUT2D eigenvalue weighted by Crippen LogP contribution is -2.39. The predicted octanol–water partition coefficient (Wildman–Crippen LogP) is 1.87. The van der Waals surface area contributed by atoms with Gasteiger partial charge < -0.3 is 24.8 Å². The van der Waals surface area contributed by atoms with Gasteiger partial charge in [-0.3, -0.25) is 9.69 Å². The fourth-order valence-corrected chi connectivity index (χ4v) is 3.49. The zero-order valence-corrected chi connectivity index (χ0v) is 15.0. The van der Waals surface area contributed by atoms with Crippen molar-refractivity contribution in [2.24, 2.45) is 0 Å². The zero-order chi connectivity index (χ0) is 17.8. The number of rotatable bonds is 6. The third-order valence-corrected chi connectivity index (χ3v) is 4.98. The molecule has 1 amide bonds. The number of benzene rings is 1. The van der Waals surface area contributed by atoms with Crippen molar-refractivity contribution in [3.63, 3.8) is 0 Å². The van der Waals surface area contributed by atoms with E-state index in [1.165, 1.54) is 11.3 Å². The molecule has 0 saturated carbocycles. The maximum Gasteiger partial charge on any atom is 0.275 e. The van der Waals surface area contributed by atoms with E-state index < -0.39 is 0 Å². The van der Waals surface area contributed by atoms with E-state index in [2.05, 4.69) is 20.5 Å². The standard InChI is InChI=1S/C17H20N4O4S/c22-16(19-12-1-2-14-15(9-12)25-11-24-14)13-10-26-17(20-13)18-3-4-21-5-7-23-8-6-21/h1-2,9-10H,3-8,11H2,(H,18,20)(H,19,22). The Kier molecular flexibility index (Phi) is 5.19. The van der Waals surface area contributed by atoms with Crippen LogP contribution in [-0.2, 0) is 4.74 Å². The molecule has 26 heavy (non-hydrogen) atoms. The molecule has 3 heterocycles. The molecule has 2 aliphatic rings. The third-order valence-electron chi connectivity index (χ3n) is 4.18. The van der Waals surface area contributed by atoms with Crippen molar-refractivity contribution in [2.45, 2.75) is 0 Å². The van der Waals surface area contributed by atoms with Gasteiger partial charge >= 0.3 is 0 Å². The van der Waals surface area contributed by atoms with Gasteiger partial charge in [-0.25, -0.2) is 4.98 Å². The molecule has 138 valence electrons. The molecular weight excluding hydrogens is 356 g/mol. The summed E-state index contributed by atoms with van der Waals surface area (Å²) in [4.78, 5) is 19.1. The molecule has 0 atom stereocenters. The first kappa shape index (κ1) is 17.1. The molecule has 0 aliphatic carbocycles. The monoisotopic (exact) mass is 376 g/mol. The van der Waals surface area contributed by atoms with E-state index in [-0.39, 0.29) is 12.7 Å². The highest BCUT2D eigenvalue weighted by Crippen LogP contribution is 2.34. The van der Waals surface area contributed by atoms with E-state index >= 15 is 0 Å². The highest BCUT2D eigenvalue weighted by Gasteiger charge is 2.16. The Labute approximate surface area is 155 Å². The summed E-state index contributed by atoms with van der Waals surface area (Å²) in [6.45, 7) is 5.44. The number of nitrogens with one attached hydrogen (secondary N) is 2. The number of morpholine rings is 1. The summed E-state index contributed by atoms with van der Waals surface area (Å²) >= 11 is 1.42. The van der Waals surface area contributed by atoms with Gasteiger partial charge in [-0.2, -0.15) is 0 Å². The fourth-order valence-electron chi connectivity index (χ4n) is 2.77. The molecule has 1 fully saturated rings. The van der Waals surface area contributed by atoms with Gasteiger partial charge in [-0.15, -0.1) is 11.3 Å². The summed E-state index contributed by atoms with van der Waals surface area (Å²) in [6, 6.07) is 5.30. The first-order valence-corrected chi connectivity index (χ1v) is 9.36. The molecule has 8 nitrogen and oxygen atoms in total. The highest BCUT2D eigenvalue weighted by molar-refractivity contribution is 7.13. The lowest BCUT2D eigenvalue weighted by Gasteiger charge is -2.26. The van der Waals surface area contributed by atoms with Gasteiger partial charge in [0, 0.05) is 43.3 Å². The summed E-state index contributed by atoms with van der Waals surface area (Å²) < 4.78 is 15.9. The van der Waals surface area contributed by atoms with E-state index in [9.17, 15) is 4.79 Å². The van der Waals surface area contributed by atoms with Crippen LogP contribution in [0.5, 0.6) is 11.5 Å². The van der Waals surface area contributed by atoms with Crippen molar-refractivity contribution in [3.05, 3.63) is 29.3 Å². The summed E-state index contributed by atoms with van der Waals surface area (Å²) in [7, 11) is 0. The van der Waals surface area contributed by atoms with Gasteiger partial charge in [0.25, 0.3) is 5.91 Å². The number of hydrogen-bond donors (Lipinski definition) is 2.